The minimum Gasteiger partial charge on any atom is -0.384 e. The summed E-state index contributed by atoms with van der Waals surface area (Å²) < 4.78 is 27.5. The van der Waals surface area contributed by atoms with Gasteiger partial charge in [-0.2, -0.15) is 4.31 Å². The molecule has 10 heteroatoms. The van der Waals surface area contributed by atoms with Gasteiger partial charge in [-0.15, -0.1) is 0 Å². The molecule has 1 fully saturated rings. The van der Waals surface area contributed by atoms with Crippen LogP contribution in [0.4, 0.5) is 5.69 Å². The third kappa shape index (κ3) is 5.96. The Morgan fingerprint density at radius 3 is 2.52 bits per heavy atom. The van der Waals surface area contributed by atoms with Crippen LogP contribution < -0.4 is 11.1 Å². The van der Waals surface area contributed by atoms with Crippen LogP contribution in [0.2, 0.25) is 5.02 Å². The summed E-state index contributed by atoms with van der Waals surface area (Å²) in [6.07, 6.45) is 2.74. The van der Waals surface area contributed by atoms with E-state index in [-0.39, 0.29) is 17.3 Å². The molecule has 0 spiro atoms. The first-order valence-corrected chi connectivity index (χ1v) is 11.7. The summed E-state index contributed by atoms with van der Waals surface area (Å²) in [6, 6.07) is 11.5. The van der Waals surface area contributed by atoms with Crippen molar-refractivity contribution in [2.45, 2.75) is 31.1 Å². The fraction of sp³-hybridized carbons (Fsp3) is 0.333. The molecular formula is C21H25ClN4O4S. The largest absolute Gasteiger partial charge is 0.384 e. The quantitative estimate of drug-likeness (QED) is 0.371. The van der Waals surface area contributed by atoms with E-state index < -0.39 is 15.9 Å². The number of halogens is 1. The number of hydrogen-bond donors (Lipinski definition) is 2. The summed E-state index contributed by atoms with van der Waals surface area (Å²) in [4.78, 5) is 17.4. The summed E-state index contributed by atoms with van der Waals surface area (Å²) in [7, 11) is -3.61. The van der Waals surface area contributed by atoms with E-state index in [0.29, 0.717) is 34.9 Å². The number of hydrogen-bond acceptors (Lipinski definition) is 5. The minimum absolute atomic E-state index is 0.106. The highest BCUT2D eigenvalue weighted by Gasteiger charge is 2.27. The van der Waals surface area contributed by atoms with E-state index in [9.17, 15) is 13.2 Å². The Balaban J connectivity index is 1.63. The molecule has 2 aromatic rings. The Morgan fingerprint density at radius 1 is 1.16 bits per heavy atom. The number of amides is 1. The van der Waals surface area contributed by atoms with E-state index in [1.54, 1.807) is 43.3 Å². The van der Waals surface area contributed by atoms with E-state index in [4.69, 9.17) is 22.2 Å². The molecule has 0 unspecified atom stereocenters. The van der Waals surface area contributed by atoms with Gasteiger partial charge in [0.15, 0.2) is 12.4 Å². The second kappa shape index (κ2) is 10.1. The smallest absolute Gasteiger partial charge is 0.265 e. The summed E-state index contributed by atoms with van der Waals surface area (Å²) >= 11 is 5.83. The highest BCUT2D eigenvalue weighted by Crippen LogP contribution is 2.26. The molecule has 0 aromatic heterocycles. The lowest BCUT2D eigenvalue weighted by Gasteiger charge is -2.26. The monoisotopic (exact) mass is 464 g/mol. The van der Waals surface area contributed by atoms with Crippen LogP contribution in [0.15, 0.2) is 52.5 Å². The number of oxime groups is 1. The van der Waals surface area contributed by atoms with Crippen molar-refractivity contribution in [3.63, 3.8) is 0 Å². The van der Waals surface area contributed by atoms with Crippen LogP contribution in [0, 0.1) is 6.92 Å². The third-order valence-corrected chi connectivity index (χ3v) is 7.20. The van der Waals surface area contributed by atoms with Crippen molar-refractivity contribution in [3.8, 4) is 0 Å². The molecule has 0 saturated carbocycles. The van der Waals surface area contributed by atoms with Crippen molar-refractivity contribution < 1.29 is 18.0 Å². The maximum absolute atomic E-state index is 13.0. The SMILES string of the molecule is Cc1ccc(NC(=O)CO/N=C(\N)c2ccc(Cl)cc2)cc1S(=O)(=O)N1CCCCC1. The van der Waals surface area contributed by atoms with Gasteiger partial charge in [-0.05, 0) is 61.7 Å². The van der Waals surface area contributed by atoms with E-state index >= 15 is 0 Å². The molecule has 3 rings (SSSR count). The molecule has 1 aliphatic rings. The zero-order valence-electron chi connectivity index (χ0n) is 17.2. The van der Waals surface area contributed by atoms with Gasteiger partial charge >= 0.3 is 0 Å². The van der Waals surface area contributed by atoms with Crippen molar-refractivity contribution in [1.82, 2.24) is 4.31 Å². The molecule has 0 bridgehead atoms. The van der Waals surface area contributed by atoms with Gasteiger partial charge in [0.05, 0.1) is 4.90 Å². The Morgan fingerprint density at radius 2 is 1.84 bits per heavy atom. The summed E-state index contributed by atoms with van der Waals surface area (Å²) in [5.41, 5.74) is 7.42. The second-order valence-electron chi connectivity index (χ2n) is 7.25. The Labute approximate surface area is 187 Å². The van der Waals surface area contributed by atoms with Crippen LogP contribution in [0.1, 0.15) is 30.4 Å². The van der Waals surface area contributed by atoms with Crippen LogP contribution in [-0.2, 0) is 19.7 Å². The van der Waals surface area contributed by atoms with Crippen molar-refractivity contribution in [1.29, 1.82) is 0 Å². The van der Waals surface area contributed by atoms with Crippen LogP contribution in [0.5, 0.6) is 0 Å². The number of sulfonamides is 1. The molecule has 2 aromatic carbocycles. The molecular weight excluding hydrogens is 440 g/mol. The van der Waals surface area contributed by atoms with Gasteiger partial charge in [0.25, 0.3) is 5.91 Å². The molecule has 0 atom stereocenters. The van der Waals surface area contributed by atoms with Crippen LogP contribution in [0.25, 0.3) is 0 Å². The predicted molar refractivity (Wildman–Crippen MR) is 121 cm³/mol. The van der Waals surface area contributed by atoms with Gasteiger partial charge < -0.3 is 15.9 Å². The van der Waals surface area contributed by atoms with Gasteiger partial charge in [-0.3, -0.25) is 4.79 Å². The maximum Gasteiger partial charge on any atom is 0.265 e. The van der Waals surface area contributed by atoms with Gasteiger partial charge in [-0.25, -0.2) is 8.42 Å². The second-order valence-corrected chi connectivity index (χ2v) is 9.59. The van der Waals surface area contributed by atoms with E-state index in [0.717, 1.165) is 19.3 Å². The average molecular weight is 465 g/mol. The van der Waals surface area contributed by atoms with Crippen LogP contribution in [-0.4, -0.2) is 44.2 Å². The molecule has 3 N–H and O–H groups in total. The molecule has 0 radical (unpaired) electrons. The van der Waals surface area contributed by atoms with Crippen molar-refractivity contribution in [3.05, 3.63) is 58.6 Å². The van der Waals surface area contributed by atoms with Gasteiger partial charge in [-0.1, -0.05) is 29.2 Å². The van der Waals surface area contributed by atoms with Gasteiger partial charge in [0.1, 0.15) is 0 Å². The van der Waals surface area contributed by atoms with E-state index in [2.05, 4.69) is 10.5 Å². The predicted octanol–water partition coefficient (Wildman–Crippen LogP) is 3.10. The summed E-state index contributed by atoms with van der Waals surface area (Å²) in [5.74, 6) is -0.382. The van der Waals surface area contributed by atoms with Crippen molar-refractivity contribution in [2.75, 3.05) is 25.0 Å². The molecule has 8 nitrogen and oxygen atoms in total. The van der Waals surface area contributed by atoms with E-state index in [1.165, 1.54) is 10.4 Å². The lowest BCUT2D eigenvalue weighted by atomic mass is 10.2. The molecule has 1 heterocycles. The van der Waals surface area contributed by atoms with Crippen LogP contribution in [0.3, 0.4) is 0 Å². The standard InChI is InChI=1S/C21H25ClN4O4S/c1-15-5-10-18(13-19(15)31(28,29)26-11-3-2-4-12-26)24-20(27)14-30-25-21(23)16-6-8-17(22)9-7-16/h5-10,13H,2-4,11-12,14H2,1H3,(H2,23,25)(H,24,27). The Hall–Kier alpha value is -2.62. The van der Waals surface area contributed by atoms with Crippen LogP contribution >= 0.6 is 11.6 Å². The maximum atomic E-state index is 13.0. The van der Waals surface area contributed by atoms with Crippen molar-refractivity contribution >= 4 is 39.1 Å². The number of carbonyl (C=O) groups excluding carboxylic acids is 1. The lowest BCUT2D eigenvalue weighted by Crippen LogP contribution is -2.36. The number of rotatable bonds is 7. The highest BCUT2D eigenvalue weighted by molar-refractivity contribution is 7.89. The Bertz CT molecular complexity index is 1070. The molecule has 0 aliphatic carbocycles. The molecule has 1 saturated heterocycles. The number of carbonyl (C=O) groups is 1. The first-order valence-electron chi connectivity index (χ1n) is 9.89. The molecule has 31 heavy (non-hydrogen) atoms. The zero-order chi connectivity index (χ0) is 22.4. The number of amidine groups is 1. The molecule has 1 aliphatic heterocycles. The fourth-order valence-corrected chi connectivity index (χ4v) is 5.12. The summed E-state index contributed by atoms with van der Waals surface area (Å²) in [5, 5.41) is 6.92. The van der Waals surface area contributed by atoms with Gasteiger partial charge in [0, 0.05) is 29.4 Å². The number of nitrogens with zero attached hydrogens (tertiary/aromatic N) is 2. The number of benzene rings is 2. The number of piperidine rings is 1. The first-order chi connectivity index (χ1) is 14.8. The minimum atomic E-state index is -3.61. The topological polar surface area (TPSA) is 114 Å². The fourth-order valence-electron chi connectivity index (χ4n) is 3.23. The third-order valence-electron chi connectivity index (χ3n) is 4.90. The highest BCUT2D eigenvalue weighted by atomic mass is 35.5. The molecule has 1 amide bonds. The number of anilines is 1. The Kier molecular flexibility index (Phi) is 7.53. The average Bonchev–Trinajstić information content (AvgIpc) is 2.76. The zero-order valence-corrected chi connectivity index (χ0v) is 18.7. The van der Waals surface area contributed by atoms with Crippen molar-refractivity contribution in [2.24, 2.45) is 10.9 Å². The summed E-state index contributed by atoms with van der Waals surface area (Å²) in [6.45, 7) is 2.38. The first kappa shape index (κ1) is 23.1. The molecule has 166 valence electrons. The number of nitrogens with two attached hydrogens (primary N) is 1. The number of nitrogens with one attached hydrogen (secondary N) is 1. The lowest BCUT2D eigenvalue weighted by molar-refractivity contribution is -0.120. The number of aryl methyl sites for hydroxylation is 1. The normalized spacial score (nSPS) is 15.5. The van der Waals surface area contributed by atoms with E-state index in [1.807, 2.05) is 0 Å². The van der Waals surface area contributed by atoms with Gasteiger partial charge in [0.2, 0.25) is 10.0 Å².